The molecule has 2 rings (SSSR count). The first-order chi connectivity index (χ1) is 8.20. The maximum Gasteiger partial charge on any atom is 0.129 e. The molecule has 0 bridgehead atoms. The van der Waals surface area contributed by atoms with Crippen molar-refractivity contribution < 1.29 is 8.78 Å². The van der Waals surface area contributed by atoms with Crippen molar-refractivity contribution in [3.05, 3.63) is 34.6 Å². The maximum absolute atomic E-state index is 13.6. The van der Waals surface area contributed by atoms with E-state index in [0.29, 0.717) is 5.92 Å². The van der Waals surface area contributed by atoms with Crippen LogP contribution in [0.2, 0.25) is 0 Å². The molecule has 0 atom stereocenters. The molecule has 0 spiro atoms. The number of nitrogens with one attached hydrogen (secondary N) is 1. The van der Waals surface area contributed by atoms with E-state index in [1.807, 2.05) is 6.07 Å². The fourth-order valence-electron chi connectivity index (χ4n) is 2.55. The molecule has 1 saturated heterocycles. The second-order valence-electron chi connectivity index (χ2n) is 4.90. The quantitative estimate of drug-likeness (QED) is 0.854. The van der Waals surface area contributed by atoms with Crippen molar-refractivity contribution in [2.45, 2.75) is 32.9 Å². The van der Waals surface area contributed by atoms with Crippen molar-refractivity contribution in [3.8, 4) is 0 Å². The minimum atomic E-state index is -0.717. The van der Waals surface area contributed by atoms with Gasteiger partial charge in [-0.05, 0) is 62.4 Å². The summed E-state index contributed by atoms with van der Waals surface area (Å²) in [6, 6.07) is 3.43. The summed E-state index contributed by atoms with van der Waals surface area (Å²) in [7, 11) is 0. The normalized spacial score (nSPS) is 17.4. The second kappa shape index (κ2) is 5.58. The lowest BCUT2D eigenvalue weighted by Crippen LogP contribution is -2.28. The number of piperidine rings is 1. The molecule has 1 nitrogen and oxygen atoms in total. The predicted molar refractivity (Wildman–Crippen MR) is 65.2 cm³/mol. The van der Waals surface area contributed by atoms with E-state index in [9.17, 15) is 8.78 Å². The molecule has 0 radical (unpaired) electrons. The molecule has 0 amide bonds. The van der Waals surface area contributed by atoms with E-state index in [2.05, 4.69) is 5.32 Å². The van der Waals surface area contributed by atoms with Crippen molar-refractivity contribution in [1.82, 2.24) is 5.32 Å². The van der Waals surface area contributed by atoms with Crippen molar-refractivity contribution in [2.75, 3.05) is 13.1 Å². The third kappa shape index (κ3) is 3.03. The monoisotopic (exact) mass is 239 g/mol. The topological polar surface area (TPSA) is 12.0 Å². The van der Waals surface area contributed by atoms with Crippen LogP contribution < -0.4 is 5.32 Å². The Bertz CT molecular complexity index is 361. The Labute approximate surface area is 101 Å². The highest BCUT2D eigenvalue weighted by Gasteiger charge is 2.15. The largest absolute Gasteiger partial charge is 0.317 e. The molecule has 1 fully saturated rings. The summed E-state index contributed by atoms with van der Waals surface area (Å²) >= 11 is 0. The fraction of sp³-hybridized carbons (Fsp3) is 0.571. The van der Waals surface area contributed by atoms with Crippen molar-refractivity contribution in [1.29, 1.82) is 0 Å². The maximum atomic E-state index is 13.6. The molecule has 0 aromatic heterocycles. The third-order valence-electron chi connectivity index (χ3n) is 3.60. The fourth-order valence-corrected chi connectivity index (χ4v) is 2.55. The zero-order chi connectivity index (χ0) is 12.3. The Morgan fingerprint density at radius 1 is 1.29 bits per heavy atom. The SMILES string of the molecule is Cc1cc(CC2CCNCC2)cc(F)c1CF. The molecule has 17 heavy (non-hydrogen) atoms. The summed E-state index contributed by atoms with van der Waals surface area (Å²) in [5.74, 6) is 0.239. The van der Waals surface area contributed by atoms with Crippen LogP contribution in [0, 0.1) is 18.7 Å². The smallest absolute Gasteiger partial charge is 0.129 e. The molecule has 0 saturated carbocycles. The van der Waals surface area contributed by atoms with Crippen LogP contribution in [-0.4, -0.2) is 13.1 Å². The average molecular weight is 239 g/mol. The van der Waals surface area contributed by atoms with Gasteiger partial charge in [0.15, 0.2) is 0 Å². The van der Waals surface area contributed by atoms with Gasteiger partial charge < -0.3 is 5.32 Å². The average Bonchev–Trinajstić information content (AvgIpc) is 2.30. The standard InChI is InChI=1S/C14H19F2N/c1-10-6-12(8-14(16)13(10)9-15)7-11-2-4-17-5-3-11/h6,8,11,17H,2-5,7,9H2,1H3. The lowest BCUT2D eigenvalue weighted by Gasteiger charge is -2.23. The van der Waals surface area contributed by atoms with Gasteiger partial charge in [0.25, 0.3) is 0 Å². The Morgan fingerprint density at radius 2 is 2.00 bits per heavy atom. The van der Waals surface area contributed by atoms with Crippen LogP contribution in [0.1, 0.15) is 29.5 Å². The highest BCUT2D eigenvalue weighted by molar-refractivity contribution is 5.32. The number of alkyl halides is 1. The van der Waals surface area contributed by atoms with Gasteiger partial charge in [-0.15, -0.1) is 0 Å². The summed E-state index contributed by atoms with van der Waals surface area (Å²) in [6.45, 7) is 3.17. The molecule has 1 N–H and O–H groups in total. The van der Waals surface area contributed by atoms with Crippen LogP contribution in [0.25, 0.3) is 0 Å². The molecule has 94 valence electrons. The minimum absolute atomic E-state index is 0.207. The molecule has 1 aliphatic rings. The van der Waals surface area contributed by atoms with Crippen LogP contribution in [0.15, 0.2) is 12.1 Å². The van der Waals surface area contributed by atoms with E-state index >= 15 is 0 Å². The lowest BCUT2D eigenvalue weighted by molar-refractivity contribution is 0.372. The molecule has 1 aliphatic heterocycles. The van der Waals surface area contributed by atoms with E-state index in [4.69, 9.17) is 0 Å². The first kappa shape index (κ1) is 12.5. The molecular formula is C14H19F2N. The molecule has 1 aromatic rings. The van der Waals surface area contributed by atoms with Crippen molar-refractivity contribution in [3.63, 3.8) is 0 Å². The van der Waals surface area contributed by atoms with E-state index in [-0.39, 0.29) is 5.56 Å². The molecule has 0 unspecified atom stereocenters. The zero-order valence-electron chi connectivity index (χ0n) is 10.2. The van der Waals surface area contributed by atoms with Gasteiger partial charge in [-0.1, -0.05) is 6.07 Å². The molecular weight excluding hydrogens is 220 g/mol. The Hall–Kier alpha value is -0.960. The first-order valence-corrected chi connectivity index (χ1v) is 6.25. The number of rotatable bonds is 3. The van der Waals surface area contributed by atoms with Crippen molar-refractivity contribution in [2.24, 2.45) is 5.92 Å². The summed E-state index contributed by atoms with van der Waals surface area (Å²) in [4.78, 5) is 0. The van der Waals surface area contributed by atoms with Gasteiger partial charge in [0, 0.05) is 5.56 Å². The van der Waals surface area contributed by atoms with Gasteiger partial charge in [-0.3, -0.25) is 0 Å². The van der Waals surface area contributed by atoms with Crippen LogP contribution in [-0.2, 0) is 13.1 Å². The highest BCUT2D eigenvalue weighted by Crippen LogP contribution is 2.22. The van der Waals surface area contributed by atoms with Gasteiger partial charge >= 0.3 is 0 Å². The number of aryl methyl sites for hydroxylation is 1. The summed E-state index contributed by atoms with van der Waals surface area (Å²) in [5.41, 5.74) is 1.94. The summed E-state index contributed by atoms with van der Waals surface area (Å²) in [5, 5.41) is 3.32. The molecule has 1 aromatic carbocycles. The lowest BCUT2D eigenvalue weighted by atomic mass is 9.90. The molecule has 3 heteroatoms. The van der Waals surface area contributed by atoms with Crippen molar-refractivity contribution >= 4 is 0 Å². The second-order valence-corrected chi connectivity index (χ2v) is 4.90. The van der Waals surface area contributed by atoms with Gasteiger partial charge in [0.1, 0.15) is 12.5 Å². The van der Waals surface area contributed by atoms with Gasteiger partial charge in [-0.2, -0.15) is 0 Å². The predicted octanol–water partition coefficient (Wildman–Crippen LogP) is 3.15. The summed E-state index contributed by atoms with van der Waals surface area (Å²) < 4.78 is 26.2. The Kier molecular flexibility index (Phi) is 4.11. The van der Waals surface area contributed by atoms with E-state index < -0.39 is 12.5 Å². The number of hydrogen-bond donors (Lipinski definition) is 1. The summed E-state index contributed by atoms with van der Waals surface area (Å²) in [6.07, 6.45) is 3.20. The Balaban J connectivity index is 2.10. The van der Waals surface area contributed by atoms with Crippen LogP contribution in [0.5, 0.6) is 0 Å². The number of halogens is 2. The molecule has 0 aliphatic carbocycles. The van der Waals surface area contributed by atoms with E-state index in [1.54, 1.807) is 6.92 Å². The van der Waals surface area contributed by atoms with Crippen LogP contribution in [0.4, 0.5) is 8.78 Å². The Morgan fingerprint density at radius 3 is 2.59 bits per heavy atom. The molecule has 1 heterocycles. The van der Waals surface area contributed by atoms with Crippen LogP contribution in [0.3, 0.4) is 0 Å². The first-order valence-electron chi connectivity index (χ1n) is 6.25. The van der Waals surface area contributed by atoms with E-state index in [1.165, 1.54) is 6.07 Å². The number of benzene rings is 1. The highest BCUT2D eigenvalue weighted by atomic mass is 19.1. The van der Waals surface area contributed by atoms with E-state index in [0.717, 1.165) is 43.5 Å². The number of hydrogen-bond acceptors (Lipinski definition) is 1. The van der Waals surface area contributed by atoms with Crippen LogP contribution >= 0.6 is 0 Å². The van der Waals surface area contributed by atoms with Gasteiger partial charge in [-0.25, -0.2) is 8.78 Å². The van der Waals surface area contributed by atoms with Gasteiger partial charge in [0.2, 0.25) is 0 Å². The van der Waals surface area contributed by atoms with Gasteiger partial charge in [0.05, 0.1) is 0 Å². The minimum Gasteiger partial charge on any atom is -0.317 e. The zero-order valence-corrected chi connectivity index (χ0v) is 10.2. The third-order valence-corrected chi connectivity index (χ3v) is 3.60.